The third-order valence-electron chi connectivity index (χ3n) is 2.51. The molecule has 0 aliphatic carbocycles. The van der Waals surface area contributed by atoms with E-state index in [0.717, 1.165) is 16.1 Å². The Morgan fingerprint density at radius 3 is 2.44 bits per heavy atom. The molecule has 0 saturated heterocycles. The van der Waals surface area contributed by atoms with Crippen molar-refractivity contribution < 1.29 is 0 Å². The second kappa shape index (κ2) is 4.62. The lowest BCUT2D eigenvalue weighted by Gasteiger charge is -2.12. The number of halogens is 1. The average molecular weight is 233 g/mol. The summed E-state index contributed by atoms with van der Waals surface area (Å²) >= 11 is 6.02. The van der Waals surface area contributed by atoms with E-state index in [9.17, 15) is 0 Å². The molecule has 0 aliphatic rings. The van der Waals surface area contributed by atoms with Crippen LogP contribution in [0.2, 0.25) is 5.02 Å². The van der Waals surface area contributed by atoms with Crippen LogP contribution in [0.4, 0.5) is 0 Å². The molecule has 16 heavy (non-hydrogen) atoms. The highest BCUT2D eigenvalue weighted by atomic mass is 35.5. The lowest BCUT2D eigenvalue weighted by Crippen LogP contribution is -1.93. The average Bonchev–Trinajstić information content (AvgIpc) is 2.30. The number of hydrogen-bond acceptors (Lipinski definition) is 2. The number of aromatic nitrogens is 2. The van der Waals surface area contributed by atoms with Gasteiger partial charge in [0.15, 0.2) is 0 Å². The third kappa shape index (κ3) is 2.22. The van der Waals surface area contributed by atoms with Crippen LogP contribution in [0.5, 0.6) is 0 Å². The maximum atomic E-state index is 6.02. The van der Waals surface area contributed by atoms with Gasteiger partial charge in [0.2, 0.25) is 0 Å². The van der Waals surface area contributed by atoms with Crippen LogP contribution in [0.25, 0.3) is 11.1 Å². The number of hydrogen-bond donors (Lipinski definition) is 0. The summed E-state index contributed by atoms with van der Waals surface area (Å²) in [7, 11) is 0. The minimum atomic E-state index is 0.425. The van der Waals surface area contributed by atoms with Gasteiger partial charge >= 0.3 is 0 Å². The van der Waals surface area contributed by atoms with Crippen molar-refractivity contribution in [2.24, 2.45) is 0 Å². The van der Waals surface area contributed by atoms with Crippen molar-refractivity contribution >= 4 is 11.6 Å². The fourth-order valence-corrected chi connectivity index (χ4v) is 1.89. The molecule has 1 aromatic carbocycles. The van der Waals surface area contributed by atoms with Gasteiger partial charge in [-0.25, -0.2) is 9.97 Å². The Balaban J connectivity index is 2.57. The zero-order chi connectivity index (χ0) is 11.5. The van der Waals surface area contributed by atoms with Crippen molar-refractivity contribution in [1.82, 2.24) is 9.97 Å². The van der Waals surface area contributed by atoms with Crippen LogP contribution in [0.15, 0.2) is 36.9 Å². The molecule has 0 N–H and O–H groups in total. The quantitative estimate of drug-likeness (QED) is 0.784. The summed E-state index contributed by atoms with van der Waals surface area (Å²) in [5.41, 5.74) is 3.41. The molecule has 2 rings (SSSR count). The topological polar surface area (TPSA) is 25.8 Å². The summed E-state index contributed by atoms with van der Waals surface area (Å²) in [5, 5.41) is 0.768. The van der Waals surface area contributed by atoms with E-state index in [1.807, 2.05) is 30.6 Å². The normalized spacial score (nSPS) is 10.8. The van der Waals surface area contributed by atoms with Crippen molar-refractivity contribution in [3.63, 3.8) is 0 Å². The van der Waals surface area contributed by atoms with E-state index in [1.54, 1.807) is 0 Å². The smallest absolute Gasteiger partial charge is 0.115 e. The highest BCUT2D eigenvalue weighted by Gasteiger charge is 2.09. The van der Waals surface area contributed by atoms with E-state index in [0.29, 0.717) is 5.92 Å². The van der Waals surface area contributed by atoms with Crippen molar-refractivity contribution in [2.45, 2.75) is 19.8 Å². The molecule has 0 saturated carbocycles. The molecule has 0 radical (unpaired) electrons. The lowest BCUT2D eigenvalue weighted by atomic mass is 9.94. The van der Waals surface area contributed by atoms with Gasteiger partial charge in [-0.05, 0) is 29.2 Å². The van der Waals surface area contributed by atoms with Gasteiger partial charge in [0.1, 0.15) is 6.33 Å². The van der Waals surface area contributed by atoms with E-state index >= 15 is 0 Å². The predicted molar refractivity (Wildman–Crippen MR) is 66.6 cm³/mol. The van der Waals surface area contributed by atoms with Crippen LogP contribution < -0.4 is 0 Å². The second-order valence-electron chi connectivity index (χ2n) is 4.01. The third-order valence-corrected chi connectivity index (χ3v) is 2.74. The largest absolute Gasteiger partial charge is 0.244 e. The van der Waals surface area contributed by atoms with Crippen LogP contribution in [0.3, 0.4) is 0 Å². The molecule has 0 bridgehead atoms. The Morgan fingerprint density at radius 1 is 1.12 bits per heavy atom. The molecule has 3 heteroatoms. The summed E-state index contributed by atoms with van der Waals surface area (Å²) in [6.45, 7) is 4.30. The summed E-state index contributed by atoms with van der Waals surface area (Å²) in [6.07, 6.45) is 5.18. The summed E-state index contributed by atoms with van der Waals surface area (Å²) in [6, 6.07) is 5.93. The van der Waals surface area contributed by atoms with Crippen LogP contribution >= 0.6 is 11.6 Å². The van der Waals surface area contributed by atoms with Gasteiger partial charge in [0.25, 0.3) is 0 Å². The lowest BCUT2D eigenvalue weighted by molar-refractivity contribution is 0.868. The first-order chi connectivity index (χ1) is 7.68. The summed E-state index contributed by atoms with van der Waals surface area (Å²) < 4.78 is 0. The number of benzene rings is 1. The number of rotatable bonds is 2. The first-order valence-electron chi connectivity index (χ1n) is 5.23. The SMILES string of the molecule is CC(C)c1cc(Cl)ccc1-c1cncnc1. The molecule has 0 atom stereocenters. The van der Waals surface area contributed by atoms with Crippen LogP contribution in [0, 0.1) is 0 Å². The molecular formula is C13H13ClN2. The Kier molecular flexibility index (Phi) is 3.20. The molecule has 0 fully saturated rings. The van der Waals surface area contributed by atoms with Gasteiger partial charge in [-0.2, -0.15) is 0 Å². The van der Waals surface area contributed by atoms with Crippen molar-refractivity contribution in [2.75, 3.05) is 0 Å². The van der Waals surface area contributed by atoms with Crippen LogP contribution in [-0.2, 0) is 0 Å². The monoisotopic (exact) mass is 232 g/mol. The second-order valence-corrected chi connectivity index (χ2v) is 4.45. The van der Waals surface area contributed by atoms with E-state index < -0.39 is 0 Å². The van der Waals surface area contributed by atoms with Crippen molar-refractivity contribution in [3.8, 4) is 11.1 Å². The molecule has 1 aromatic heterocycles. The van der Waals surface area contributed by atoms with E-state index in [2.05, 4.69) is 23.8 Å². The fraction of sp³-hybridized carbons (Fsp3) is 0.231. The van der Waals surface area contributed by atoms with E-state index in [4.69, 9.17) is 11.6 Å². The minimum absolute atomic E-state index is 0.425. The van der Waals surface area contributed by atoms with Crippen molar-refractivity contribution in [3.05, 3.63) is 47.5 Å². The summed E-state index contributed by atoms with van der Waals surface area (Å²) in [4.78, 5) is 8.08. The molecule has 0 aliphatic heterocycles. The molecular weight excluding hydrogens is 220 g/mol. The van der Waals surface area contributed by atoms with Crippen LogP contribution in [0.1, 0.15) is 25.3 Å². The zero-order valence-electron chi connectivity index (χ0n) is 9.31. The standard InChI is InChI=1S/C13H13ClN2/c1-9(2)13-5-11(14)3-4-12(13)10-6-15-8-16-7-10/h3-9H,1-2H3. The highest BCUT2D eigenvalue weighted by Crippen LogP contribution is 2.30. The number of nitrogens with zero attached hydrogens (tertiary/aromatic N) is 2. The Morgan fingerprint density at radius 2 is 1.81 bits per heavy atom. The highest BCUT2D eigenvalue weighted by molar-refractivity contribution is 6.30. The van der Waals surface area contributed by atoms with Gasteiger partial charge in [-0.1, -0.05) is 31.5 Å². The molecule has 82 valence electrons. The molecule has 2 aromatic rings. The van der Waals surface area contributed by atoms with E-state index in [1.165, 1.54) is 11.9 Å². The van der Waals surface area contributed by atoms with E-state index in [-0.39, 0.29) is 0 Å². The Hall–Kier alpha value is -1.41. The minimum Gasteiger partial charge on any atom is -0.244 e. The first-order valence-corrected chi connectivity index (χ1v) is 5.61. The van der Waals surface area contributed by atoms with Gasteiger partial charge in [-0.15, -0.1) is 0 Å². The molecule has 0 spiro atoms. The van der Waals surface area contributed by atoms with Gasteiger partial charge in [0, 0.05) is 23.0 Å². The van der Waals surface area contributed by atoms with Gasteiger partial charge in [0.05, 0.1) is 0 Å². The van der Waals surface area contributed by atoms with Crippen LogP contribution in [-0.4, -0.2) is 9.97 Å². The Labute approximate surface area is 100 Å². The zero-order valence-corrected chi connectivity index (χ0v) is 10.1. The van der Waals surface area contributed by atoms with Gasteiger partial charge in [-0.3, -0.25) is 0 Å². The molecule has 1 heterocycles. The maximum absolute atomic E-state index is 6.02. The fourth-order valence-electron chi connectivity index (χ4n) is 1.71. The molecule has 0 amide bonds. The van der Waals surface area contributed by atoms with Gasteiger partial charge < -0.3 is 0 Å². The molecule has 0 unspecified atom stereocenters. The first kappa shape index (κ1) is 11.1. The summed E-state index contributed by atoms with van der Waals surface area (Å²) in [5.74, 6) is 0.425. The van der Waals surface area contributed by atoms with Crippen molar-refractivity contribution in [1.29, 1.82) is 0 Å². The molecule has 2 nitrogen and oxygen atoms in total. The Bertz CT molecular complexity index is 481. The maximum Gasteiger partial charge on any atom is 0.115 e. The predicted octanol–water partition coefficient (Wildman–Crippen LogP) is 3.92.